The second-order valence-electron chi connectivity index (χ2n) is 6.06. The number of para-hydroxylation sites is 1. The van der Waals surface area contributed by atoms with Crippen LogP contribution in [0.25, 0.3) is 5.69 Å². The number of hydrazone groups is 1. The Morgan fingerprint density at radius 2 is 1.93 bits per heavy atom. The average molecular weight is 379 g/mol. The van der Waals surface area contributed by atoms with Crippen LogP contribution in [-0.2, 0) is 4.79 Å². The van der Waals surface area contributed by atoms with Gasteiger partial charge in [0, 0.05) is 35.0 Å². The maximum absolute atomic E-state index is 11.9. The van der Waals surface area contributed by atoms with Gasteiger partial charge in [-0.3, -0.25) is 4.79 Å². The molecule has 0 aliphatic rings. The monoisotopic (exact) mass is 379 g/mol. The highest BCUT2D eigenvalue weighted by Crippen LogP contribution is 2.22. The molecule has 2 heterocycles. The Bertz CT molecular complexity index is 966. The second-order valence-corrected chi connectivity index (χ2v) is 7.00. The smallest absolute Gasteiger partial charge is 0.250 e. The molecule has 0 unspecified atom stereocenters. The molecule has 0 fully saturated rings. The lowest BCUT2D eigenvalue weighted by atomic mass is 10.2. The van der Waals surface area contributed by atoms with Crippen LogP contribution >= 0.6 is 11.8 Å². The molecule has 3 aromatic rings. The van der Waals surface area contributed by atoms with E-state index in [-0.39, 0.29) is 11.7 Å². The van der Waals surface area contributed by atoms with Gasteiger partial charge in [0.05, 0.1) is 12.0 Å². The predicted molar refractivity (Wildman–Crippen MR) is 108 cm³/mol. The van der Waals surface area contributed by atoms with Crippen LogP contribution < -0.4 is 5.43 Å². The summed E-state index contributed by atoms with van der Waals surface area (Å²) in [6.45, 7) is 6.20. The number of hydrogen-bond donors (Lipinski definition) is 1. The molecule has 0 saturated heterocycles. The van der Waals surface area contributed by atoms with Crippen molar-refractivity contribution in [2.24, 2.45) is 5.10 Å². The van der Waals surface area contributed by atoms with E-state index in [4.69, 9.17) is 0 Å². The Kier molecular flexibility index (Phi) is 6.03. The van der Waals surface area contributed by atoms with Crippen LogP contribution in [0, 0.1) is 20.8 Å². The van der Waals surface area contributed by atoms with Gasteiger partial charge in [0.15, 0.2) is 5.16 Å². The largest absolute Gasteiger partial charge is 0.318 e. The molecule has 0 bridgehead atoms. The Morgan fingerprint density at radius 1 is 1.19 bits per heavy atom. The highest BCUT2D eigenvalue weighted by atomic mass is 32.2. The molecule has 1 amide bonds. The predicted octanol–water partition coefficient (Wildman–Crippen LogP) is 3.43. The number of nitrogens with zero attached hydrogens (tertiary/aromatic N) is 4. The third kappa shape index (κ3) is 4.62. The van der Waals surface area contributed by atoms with Gasteiger partial charge in [0.25, 0.3) is 5.91 Å². The van der Waals surface area contributed by atoms with Crippen LogP contribution in [0.15, 0.2) is 59.0 Å². The third-order valence-corrected chi connectivity index (χ3v) is 4.97. The summed E-state index contributed by atoms with van der Waals surface area (Å²) in [5.74, 6) is 0.0141. The minimum absolute atomic E-state index is 0.198. The first-order valence-electron chi connectivity index (χ1n) is 8.53. The normalized spacial score (nSPS) is 11.1. The van der Waals surface area contributed by atoms with Gasteiger partial charge in [-0.25, -0.2) is 15.4 Å². The standard InChI is InChI=1S/C20H21N5OS/c1-14-7-4-5-8-18(14)25-15(2)11-17(16(25)3)12-23-24-19(26)13-27-20-21-9-6-10-22-20/h4-12H,13H2,1-3H3,(H,24,26)/b23-12-. The van der Waals surface area contributed by atoms with Crippen LogP contribution in [0.2, 0.25) is 0 Å². The Hall–Kier alpha value is -2.93. The van der Waals surface area contributed by atoms with E-state index in [0.29, 0.717) is 5.16 Å². The van der Waals surface area contributed by atoms with Crippen LogP contribution in [0.1, 0.15) is 22.5 Å². The fraction of sp³-hybridized carbons (Fsp3) is 0.200. The van der Waals surface area contributed by atoms with Gasteiger partial charge >= 0.3 is 0 Å². The van der Waals surface area contributed by atoms with Gasteiger partial charge < -0.3 is 4.57 Å². The minimum atomic E-state index is -0.198. The van der Waals surface area contributed by atoms with Crippen molar-refractivity contribution in [2.45, 2.75) is 25.9 Å². The number of aromatic nitrogens is 3. The molecule has 0 aliphatic heterocycles. The summed E-state index contributed by atoms with van der Waals surface area (Å²) >= 11 is 1.27. The van der Waals surface area contributed by atoms with Crippen LogP contribution in [-0.4, -0.2) is 32.4 Å². The molecule has 0 aliphatic carbocycles. The molecule has 6 nitrogen and oxygen atoms in total. The number of benzene rings is 1. The van der Waals surface area contributed by atoms with Gasteiger partial charge in [-0.15, -0.1) is 0 Å². The lowest BCUT2D eigenvalue weighted by molar-refractivity contribution is -0.118. The van der Waals surface area contributed by atoms with E-state index in [1.807, 2.05) is 19.1 Å². The van der Waals surface area contributed by atoms with Crippen LogP contribution in [0.4, 0.5) is 0 Å². The number of carbonyl (C=O) groups is 1. The summed E-state index contributed by atoms with van der Waals surface area (Å²) in [4.78, 5) is 20.1. The molecular weight excluding hydrogens is 358 g/mol. The second kappa shape index (κ2) is 8.64. The number of amides is 1. The van der Waals surface area contributed by atoms with Crippen molar-refractivity contribution in [1.82, 2.24) is 20.0 Å². The van der Waals surface area contributed by atoms with E-state index < -0.39 is 0 Å². The number of nitrogens with one attached hydrogen (secondary N) is 1. The van der Waals surface area contributed by atoms with Crippen molar-refractivity contribution in [1.29, 1.82) is 0 Å². The molecule has 0 saturated carbocycles. The van der Waals surface area contributed by atoms with Gasteiger partial charge in [-0.2, -0.15) is 5.10 Å². The van der Waals surface area contributed by atoms with Gasteiger partial charge in [0.2, 0.25) is 0 Å². The molecule has 0 atom stereocenters. The van der Waals surface area contributed by atoms with E-state index in [1.165, 1.54) is 17.3 Å². The first-order valence-corrected chi connectivity index (χ1v) is 9.51. The fourth-order valence-corrected chi connectivity index (χ4v) is 3.39. The molecular formula is C20H21N5OS. The van der Waals surface area contributed by atoms with Crippen molar-refractivity contribution in [3.63, 3.8) is 0 Å². The van der Waals surface area contributed by atoms with Gasteiger partial charge in [-0.1, -0.05) is 30.0 Å². The zero-order valence-electron chi connectivity index (χ0n) is 15.5. The first-order chi connectivity index (χ1) is 13.1. The van der Waals surface area contributed by atoms with Crippen molar-refractivity contribution < 1.29 is 4.79 Å². The third-order valence-electron chi connectivity index (χ3n) is 4.09. The van der Waals surface area contributed by atoms with Crippen molar-refractivity contribution >= 4 is 23.9 Å². The van der Waals surface area contributed by atoms with Gasteiger partial charge in [0.1, 0.15) is 0 Å². The Labute approximate surface area is 162 Å². The zero-order valence-corrected chi connectivity index (χ0v) is 16.3. The summed E-state index contributed by atoms with van der Waals surface area (Å²) in [5, 5.41) is 4.66. The topological polar surface area (TPSA) is 72.2 Å². The first kappa shape index (κ1) is 18.8. The van der Waals surface area contributed by atoms with E-state index in [1.54, 1.807) is 24.7 Å². The minimum Gasteiger partial charge on any atom is -0.318 e. The zero-order chi connectivity index (χ0) is 19.2. The Morgan fingerprint density at radius 3 is 2.67 bits per heavy atom. The van der Waals surface area contributed by atoms with E-state index in [0.717, 1.165) is 22.6 Å². The maximum Gasteiger partial charge on any atom is 0.250 e. The summed E-state index contributed by atoms with van der Waals surface area (Å²) in [5.41, 5.74) is 8.07. The van der Waals surface area contributed by atoms with E-state index in [2.05, 4.69) is 57.1 Å². The molecule has 1 aromatic carbocycles. The molecule has 0 radical (unpaired) electrons. The average Bonchev–Trinajstić information content (AvgIpc) is 2.95. The molecule has 3 rings (SSSR count). The number of thioether (sulfide) groups is 1. The van der Waals surface area contributed by atoms with E-state index >= 15 is 0 Å². The molecule has 2 aromatic heterocycles. The molecule has 27 heavy (non-hydrogen) atoms. The lowest BCUT2D eigenvalue weighted by Crippen LogP contribution is -2.19. The molecule has 7 heteroatoms. The van der Waals surface area contributed by atoms with Crippen LogP contribution in [0.3, 0.4) is 0 Å². The summed E-state index contributed by atoms with van der Waals surface area (Å²) in [6.07, 6.45) is 4.98. The Balaban J connectivity index is 1.65. The summed E-state index contributed by atoms with van der Waals surface area (Å²) < 4.78 is 2.20. The SMILES string of the molecule is Cc1ccccc1-n1c(C)cc(/C=N\NC(=O)CSc2ncccn2)c1C. The van der Waals surface area contributed by atoms with Gasteiger partial charge in [-0.05, 0) is 44.5 Å². The number of carbonyl (C=O) groups excluding carboxylic acids is 1. The van der Waals surface area contributed by atoms with Crippen molar-refractivity contribution in [3.05, 3.63) is 71.3 Å². The van der Waals surface area contributed by atoms with E-state index in [9.17, 15) is 4.79 Å². The highest BCUT2D eigenvalue weighted by Gasteiger charge is 2.11. The maximum atomic E-state index is 11.9. The van der Waals surface area contributed by atoms with Crippen molar-refractivity contribution in [2.75, 3.05) is 5.75 Å². The summed E-state index contributed by atoms with van der Waals surface area (Å²) in [6, 6.07) is 12.1. The number of rotatable bonds is 6. The fourth-order valence-electron chi connectivity index (χ4n) is 2.80. The van der Waals surface area contributed by atoms with Crippen LogP contribution in [0.5, 0.6) is 0 Å². The lowest BCUT2D eigenvalue weighted by Gasteiger charge is -2.12. The molecule has 138 valence electrons. The summed E-state index contributed by atoms with van der Waals surface area (Å²) in [7, 11) is 0. The van der Waals surface area contributed by atoms with Crippen molar-refractivity contribution in [3.8, 4) is 5.69 Å². The quantitative estimate of drug-likeness (QED) is 0.308. The number of hydrogen-bond acceptors (Lipinski definition) is 5. The molecule has 0 spiro atoms. The highest BCUT2D eigenvalue weighted by molar-refractivity contribution is 7.99. The number of aryl methyl sites for hydroxylation is 2. The molecule has 1 N–H and O–H groups in total.